The lowest BCUT2D eigenvalue weighted by molar-refractivity contribution is -0.147. The second kappa shape index (κ2) is 16.9. The van der Waals surface area contributed by atoms with Gasteiger partial charge < -0.3 is 28.7 Å². The van der Waals surface area contributed by atoms with E-state index < -0.39 is 11.8 Å². The van der Waals surface area contributed by atoms with Gasteiger partial charge >= 0.3 is 11.9 Å². The smallest absolute Gasteiger partial charge is 0.317 e. The van der Waals surface area contributed by atoms with Crippen LogP contribution < -0.4 is 0 Å². The van der Waals surface area contributed by atoms with Crippen molar-refractivity contribution >= 4 is 11.9 Å². The Kier molecular flexibility index (Phi) is 14.7. The summed E-state index contributed by atoms with van der Waals surface area (Å²) in [7, 11) is 0. The van der Waals surface area contributed by atoms with Gasteiger partial charge in [-0.1, -0.05) is 38.0 Å². The third-order valence-electron chi connectivity index (χ3n) is 5.36. The van der Waals surface area contributed by atoms with Crippen LogP contribution in [0.2, 0.25) is 0 Å². The van der Waals surface area contributed by atoms with E-state index in [1.807, 2.05) is 27.7 Å². The van der Waals surface area contributed by atoms with Gasteiger partial charge in [-0.05, 0) is 51.4 Å². The molecule has 0 radical (unpaired) electrons. The number of ether oxygens (including phenoxy) is 2. The summed E-state index contributed by atoms with van der Waals surface area (Å²) in [5.41, 5.74) is 1.52. The molecule has 10 heteroatoms. The average molecular weight is 511 g/mol. The zero-order chi connectivity index (χ0) is 27.1. The molecule has 10 nitrogen and oxygen atoms in total. The highest BCUT2D eigenvalue weighted by molar-refractivity contribution is 5.78. The van der Waals surface area contributed by atoms with Crippen LogP contribution in [0, 0.1) is 11.8 Å². The van der Waals surface area contributed by atoms with Crippen LogP contribution in [0.25, 0.3) is 0 Å². The highest BCUT2D eigenvalue weighted by atomic mass is 16.5. The van der Waals surface area contributed by atoms with Gasteiger partial charge in [0, 0.05) is 25.3 Å². The molecular weight excluding hydrogens is 468 g/mol. The Morgan fingerprint density at radius 2 is 1.14 bits per heavy atom. The van der Waals surface area contributed by atoms with Crippen LogP contribution in [0.1, 0.15) is 89.1 Å². The van der Waals surface area contributed by atoms with Gasteiger partial charge in [0.15, 0.2) is 11.5 Å². The maximum atomic E-state index is 11.9. The molecule has 36 heavy (non-hydrogen) atoms. The van der Waals surface area contributed by atoms with Gasteiger partial charge in [-0.15, -0.1) is 0 Å². The van der Waals surface area contributed by atoms with Crippen LogP contribution in [-0.4, -0.2) is 58.9 Å². The van der Waals surface area contributed by atoms with Crippen molar-refractivity contribution in [2.45, 2.75) is 79.1 Å². The molecule has 0 aliphatic heterocycles. The number of nitrogens with zero attached hydrogens (tertiary/aromatic N) is 2. The van der Waals surface area contributed by atoms with Crippen LogP contribution in [-0.2, 0) is 31.9 Å². The number of aliphatic hydroxyl groups is 2. The summed E-state index contributed by atoms with van der Waals surface area (Å²) in [4.78, 5) is 23.7. The minimum Gasteiger partial charge on any atom is -0.465 e. The minimum absolute atomic E-state index is 0.0858. The summed E-state index contributed by atoms with van der Waals surface area (Å²) in [6, 6.07) is 3.55. The number of hydrogen-bond donors (Lipinski definition) is 2. The van der Waals surface area contributed by atoms with Crippen LogP contribution >= 0.6 is 0 Å². The number of aliphatic hydroxyl groups excluding tert-OH is 2. The number of rotatable bonds is 14. The Bertz CT molecular complexity index is 818. The Hall–Kier alpha value is -2.72. The molecule has 0 saturated heterocycles. The van der Waals surface area contributed by atoms with Crippen molar-refractivity contribution in [3.05, 3.63) is 35.0 Å². The fourth-order valence-electron chi connectivity index (χ4n) is 3.60. The van der Waals surface area contributed by atoms with Crippen LogP contribution in [0.5, 0.6) is 0 Å². The van der Waals surface area contributed by atoms with E-state index >= 15 is 0 Å². The maximum absolute atomic E-state index is 11.9. The Morgan fingerprint density at radius 3 is 1.42 bits per heavy atom. The van der Waals surface area contributed by atoms with Crippen molar-refractivity contribution in [3.63, 3.8) is 0 Å². The first kappa shape index (κ1) is 31.3. The monoisotopic (exact) mass is 510 g/mol. The molecule has 0 spiro atoms. The van der Waals surface area contributed by atoms with E-state index in [2.05, 4.69) is 10.3 Å². The highest BCUT2D eigenvalue weighted by Crippen LogP contribution is 2.28. The lowest BCUT2D eigenvalue weighted by atomic mass is 9.93. The van der Waals surface area contributed by atoms with E-state index in [-0.39, 0.29) is 37.0 Å². The zero-order valence-corrected chi connectivity index (χ0v) is 22.4. The standard InChI is InChI=1S/2C13H21NO4/c2*1-4-17-13(16)12(9(2)3)11-8-10(14-18-11)6-5-7-15/h2*8-9,12,15H,4-7H2,1-3H3. The summed E-state index contributed by atoms with van der Waals surface area (Å²) >= 11 is 0. The molecule has 2 aromatic rings. The minimum atomic E-state index is -0.416. The van der Waals surface area contributed by atoms with Crippen molar-refractivity contribution in [3.8, 4) is 0 Å². The van der Waals surface area contributed by atoms with Gasteiger partial charge in [-0.2, -0.15) is 0 Å². The fraction of sp³-hybridized carbons (Fsp3) is 0.692. The predicted molar refractivity (Wildman–Crippen MR) is 132 cm³/mol. The number of aromatic nitrogens is 2. The third kappa shape index (κ3) is 10.1. The largest absolute Gasteiger partial charge is 0.465 e. The summed E-state index contributed by atoms with van der Waals surface area (Å²) in [5, 5.41) is 25.3. The first-order valence-corrected chi connectivity index (χ1v) is 12.7. The van der Waals surface area contributed by atoms with Crippen molar-refractivity contribution < 1.29 is 38.3 Å². The lowest BCUT2D eigenvalue weighted by Gasteiger charge is -2.15. The second-order valence-electron chi connectivity index (χ2n) is 9.04. The normalized spacial score (nSPS) is 12.7. The van der Waals surface area contributed by atoms with Crippen molar-refractivity contribution in [1.82, 2.24) is 10.3 Å². The van der Waals surface area contributed by atoms with E-state index in [1.165, 1.54) is 0 Å². The second-order valence-corrected chi connectivity index (χ2v) is 9.04. The molecule has 0 fully saturated rings. The third-order valence-corrected chi connectivity index (χ3v) is 5.36. The number of hydrogen-bond acceptors (Lipinski definition) is 10. The van der Waals surface area contributed by atoms with Crippen molar-refractivity contribution in [2.75, 3.05) is 26.4 Å². The Balaban J connectivity index is 0.000000360. The lowest BCUT2D eigenvalue weighted by Crippen LogP contribution is -2.20. The quantitative estimate of drug-likeness (QED) is 0.360. The van der Waals surface area contributed by atoms with Crippen LogP contribution in [0.3, 0.4) is 0 Å². The van der Waals surface area contributed by atoms with Gasteiger partial charge in [0.1, 0.15) is 11.8 Å². The molecule has 0 aliphatic rings. The first-order valence-electron chi connectivity index (χ1n) is 12.7. The molecule has 2 atom stereocenters. The predicted octanol–water partition coefficient (Wildman–Crippen LogP) is 3.80. The van der Waals surface area contributed by atoms with Crippen molar-refractivity contribution in [1.29, 1.82) is 0 Å². The number of esters is 2. The average Bonchev–Trinajstić information content (AvgIpc) is 3.47. The molecule has 0 aliphatic carbocycles. The SMILES string of the molecule is CCOC(=O)C(c1cc(CCCO)no1)C(C)C.CCOC(=O)C(c1cc(CCCO)no1)C(C)C. The van der Waals surface area contributed by atoms with E-state index in [0.29, 0.717) is 50.4 Å². The highest BCUT2D eigenvalue weighted by Gasteiger charge is 2.30. The molecule has 2 N–H and O–H groups in total. The molecule has 2 unspecified atom stereocenters. The topological polar surface area (TPSA) is 145 Å². The number of aryl methyl sites for hydroxylation is 2. The maximum Gasteiger partial charge on any atom is 0.317 e. The Labute approximate surface area is 213 Å². The Morgan fingerprint density at radius 1 is 0.778 bits per heavy atom. The van der Waals surface area contributed by atoms with Gasteiger partial charge in [0.2, 0.25) is 0 Å². The fourth-order valence-corrected chi connectivity index (χ4v) is 3.60. The van der Waals surface area contributed by atoms with Crippen LogP contribution in [0.4, 0.5) is 0 Å². The van der Waals surface area contributed by atoms with Gasteiger partial charge in [-0.25, -0.2) is 0 Å². The van der Waals surface area contributed by atoms with E-state index in [0.717, 1.165) is 11.4 Å². The van der Waals surface area contributed by atoms with Gasteiger partial charge in [0.25, 0.3) is 0 Å². The molecule has 2 aromatic heterocycles. The molecule has 204 valence electrons. The van der Waals surface area contributed by atoms with E-state index in [4.69, 9.17) is 28.7 Å². The number of carbonyl (C=O) groups is 2. The van der Waals surface area contributed by atoms with Gasteiger partial charge in [0.05, 0.1) is 24.6 Å². The summed E-state index contributed by atoms with van der Waals surface area (Å²) < 4.78 is 20.5. The van der Waals surface area contributed by atoms with E-state index in [1.54, 1.807) is 26.0 Å². The zero-order valence-electron chi connectivity index (χ0n) is 22.4. The van der Waals surface area contributed by atoms with Gasteiger partial charge in [-0.3, -0.25) is 9.59 Å². The van der Waals surface area contributed by atoms with E-state index in [9.17, 15) is 9.59 Å². The summed E-state index contributed by atoms with van der Waals surface area (Å²) in [5.74, 6) is -0.145. The molecule has 0 bridgehead atoms. The van der Waals surface area contributed by atoms with Crippen LogP contribution in [0.15, 0.2) is 21.2 Å². The molecule has 2 rings (SSSR count). The molecule has 0 aromatic carbocycles. The molecule has 0 amide bonds. The first-order chi connectivity index (χ1) is 17.2. The number of carbonyl (C=O) groups excluding carboxylic acids is 2. The summed E-state index contributed by atoms with van der Waals surface area (Å²) in [6.45, 7) is 12.3. The van der Waals surface area contributed by atoms with Crippen molar-refractivity contribution in [2.24, 2.45) is 11.8 Å². The molecular formula is C26H42N2O8. The molecule has 0 saturated carbocycles. The molecule has 2 heterocycles. The summed E-state index contributed by atoms with van der Waals surface area (Å²) in [6.07, 6.45) is 2.57.